The van der Waals surface area contributed by atoms with Gasteiger partial charge in [-0.15, -0.1) is 0 Å². The Labute approximate surface area is 186 Å². The number of allylic oxidation sites excluding steroid dienone is 8. The average Bonchev–Trinajstić information content (AvgIpc) is 3.44. The third kappa shape index (κ3) is 5.61. The predicted octanol–water partition coefficient (Wildman–Crippen LogP) is 7.66. The number of hydrogen-bond acceptors (Lipinski definition) is 1. The second kappa shape index (κ2) is 10.4. The van der Waals surface area contributed by atoms with E-state index in [1.54, 1.807) is 0 Å². The number of carbonyl (C=O) groups excluding carboxylic acids is 1. The number of rotatable bonds is 10. The summed E-state index contributed by atoms with van der Waals surface area (Å²) in [6.07, 6.45) is 15.2. The Balaban J connectivity index is 1.38. The third-order valence-corrected chi connectivity index (χ3v) is 6.55. The van der Waals surface area contributed by atoms with Crippen molar-refractivity contribution in [3.8, 4) is 0 Å². The predicted molar refractivity (Wildman–Crippen MR) is 131 cm³/mol. The van der Waals surface area contributed by atoms with Crippen LogP contribution in [0.3, 0.4) is 0 Å². The Bertz CT molecular complexity index is 1020. The van der Waals surface area contributed by atoms with E-state index >= 15 is 0 Å². The second-order valence-corrected chi connectivity index (χ2v) is 8.70. The van der Waals surface area contributed by atoms with Crippen LogP contribution in [-0.2, 0) is 11.2 Å². The van der Waals surface area contributed by atoms with Gasteiger partial charge >= 0.3 is 0 Å². The van der Waals surface area contributed by atoms with Gasteiger partial charge in [0.05, 0.1) is 0 Å². The average molecular weight is 409 g/mol. The Kier molecular flexibility index (Phi) is 7.14. The molecule has 158 valence electrons. The molecule has 1 atom stereocenters. The van der Waals surface area contributed by atoms with E-state index in [-0.39, 0.29) is 0 Å². The van der Waals surface area contributed by atoms with Gasteiger partial charge in [0.15, 0.2) is 0 Å². The molecule has 2 aliphatic carbocycles. The molecule has 4 rings (SSSR count). The van der Waals surface area contributed by atoms with Crippen molar-refractivity contribution in [2.75, 3.05) is 0 Å². The fraction of sp³-hybridized carbons (Fsp3) is 0.300. The summed E-state index contributed by atoms with van der Waals surface area (Å²) < 4.78 is 0. The van der Waals surface area contributed by atoms with Crippen LogP contribution >= 0.6 is 0 Å². The van der Waals surface area contributed by atoms with Crippen LogP contribution in [0.4, 0.5) is 0 Å². The monoisotopic (exact) mass is 408 g/mol. The molecule has 1 heteroatoms. The lowest BCUT2D eigenvalue weighted by Gasteiger charge is -2.20. The molecule has 2 aliphatic rings. The lowest BCUT2D eigenvalue weighted by molar-refractivity contribution is -0.118. The first-order valence-corrected chi connectivity index (χ1v) is 11.6. The summed E-state index contributed by atoms with van der Waals surface area (Å²) in [5.74, 6) is 0.766. The normalized spacial score (nSPS) is 17.8. The first-order valence-electron chi connectivity index (χ1n) is 11.6. The Morgan fingerprint density at radius 2 is 1.55 bits per heavy atom. The molecule has 1 nitrogen and oxygen atoms in total. The number of carbonyl (C=O) groups is 1. The van der Waals surface area contributed by atoms with Gasteiger partial charge in [0.1, 0.15) is 5.78 Å². The number of Topliss-reactive ketones (excluding diaryl/α,β-unsaturated/α-hetero) is 1. The summed E-state index contributed by atoms with van der Waals surface area (Å²) in [6.45, 7) is 2.18. The van der Waals surface area contributed by atoms with Crippen molar-refractivity contribution in [2.45, 2.75) is 51.9 Å². The zero-order chi connectivity index (χ0) is 21.5. The Hall–Kier alpha value is -2.93. The molecule has 0 saturated heterocycles. The molecule has 0 spiro atoms. The van der Waals surface area contributed by atoms with Crippen LogP contribution in [0.25, 0.3) is 5.57 Å². The van der Waals surface area contributed by atoms with Crippen LogP contribution in [-0.4, -0.2) is 5.78 Å². The van der Waals surface area contributed by atoms with E-state index in [2.05, 4.69) is 91.9 Å². The summed E-state index contributed by atoms with van der Waals surface area (Å²) in [4.78, 5) is 12.7. The van der Waals surface area contributed by atoms with Crippen LogP contribution in [0.1, 0.15) is 56.6 Å². The van der Waals surface area contributed by atoms with Gasteiger partial charge in [-0.05, 0) is 48.8 Å². The molecule has 0 bridgehead atoms. The molecule has 0 heterocycles. The van der Waals surface area contributed by atoms with Crippen LogP contribution in [0.2, 0.25) is 0 Å². The van der Waals surface area contributed by atoms with Crippen molar-refractivity contribution in [3.05, 3.63) is 113 Å². The first kappa shape index (κ1) is 21.3. The van der Waals surface area contributed by atoms with Crippen molar-refractivity contribution < 1.29 is 4.79 Å². The molecular weight excluding hydrogens is 376 g/mol. The van der Waals surface area contributed by atoms with Gasteiger partial charge in [-0.3, -0.25) is 4.79 Å². The van der Waals surface area contributed by atoms with E-state index in [1.807, 2.05) is 0 Å². The standard InChI is InChI=1S/C30H32O/c1-2-23-13-14-25(21-23)22-28(31)18-16-27-17-20-30(26-11-7-4-8-12-26)29(27)19-15-24-9-5-3-6-10-24/h3-14,17,20,29H,2,15-16,18-19,21-22H2,1H3. The van der Waals surface area contributed by atoms with E-state index in [1.165, 1.54) is 33.4 Å². The van der Waals surface area contributed by atoms with Crippen LogP contribution in [0.15, 0.2) is 102 Å². The van der Waals surface area contributed by atoms with Gasteiger partial charge in [-0.1, -0.05) is 109 Å². The highest BCUT2D eigenvalue weighted by Gasteiger charge is 2.24. The van der Waals surface area contributed by atoms with E-state index < -0.39 is 0 Å². The van der Waals surface area contributed by atoms with Crippen molar-refractivity contribution in [3.63, 3.8) is 0 Å². The van der Waals surface area contributed by atoms with E-state index in [0.29, 0.717) is 24.5 Å². The first-order chi connectivity index (χ1) is 15.2. The van der Waals surface area contributed by atoms with Crippen molar-refractivity contribution in [1.82, 2.24) is 0 Å². The van der Waals surface area contributed by atoms with E-state index in [9.17, 15) is 4.79 Å². The Morgan fingerprint density at radius 3 is 2.26 bits per heavy atom. The largest absolute Gasteiger partial charge is 0.299 e. The van der Waals surface area contributed by atoms with Crippen molar-refractivity contribution >= 4 is 11.4 Å². The third-order valence-electron chi connectivity index (χ3n) is 6.55. The van der Waals surface area contributed by atoms with Gasteiger partial charge in [-0.25, -0.2) is 0 Å². The minimum absolute atomic E-state index is 0.368. The molecule has 0 saturated carbocycles. The lowest BCUT2D eigenvalue weighted by Crippen LogP contribution is -2.08. The summed E-state index contributed by atoms with van der Waals surface area (Å²) in [7, 11) is 0. The number of ketones is 1. The minimum atomic E-state index is 0.368. The van der Waals surface area contributed by atoms with Crippen LogP contribution in [0.5, 0.6) is 0 Å². The molecule has 0 aromatic heterocycles. The molecule has 1 unspecified atom stereocenters. The number of benzene rings is 2. The molecule has 0 aliphatic heterocycles. The Morgan fingerprint density at radius 1 is 0.839 bits per heavy atom. The van der Waals surface area contributed by atoms with E-state index in [0.717, 1.165) is 32.1 Å². The maximum absolute atomic E-state index is 12.7. The summed E-state index contributed by atoms with van der Waals surface area (Å²) in [5, 5.41) is 0. The summed E-state index contributed by atoms with van der Waals surface area (Å²) in [5.41, 5.74) is 8.21. The van der Waals surface area contributed by atoms with Crippen molar-refractivity contribution in [1.29, 1.82) is 0 Å². The highest BCUT2D eigenvalue weighted by atomic mass is 16.1. The summed E-state index contributed by atoms with van der Waals surface area (Å²) >= 11 is 0. The molecule has 2 aromatic carbocycles. The number of aryl methyl sites for hydroxylation is 1. The van der Waals surface area contributed by atoms with Gasteiger partial charge in [-0.2, -0.15) is 0 Å². The zero-order valence-corrected chi connectivity index (χ0v) is 18.5. The van der Waals surface area contributed by atoms with Crippen LogP contribution < -0.4 is 0 Å². The fourth-order valence-electron chi connectivity index (χ4n) is 4.75. The maximum Gasteiger partial charge on any atom is 0.137 e. The SMILES string of the molecule is CCC1=CC=C(CC(=O)CCC2=CC=C(c3ccccc3)C2CCc2ccccc2)C1. The van der Waals surface area contributed by atoms with E-state index in [4.69, 9.17) is 0 Å². The van der Waals surface area contributed by atoms with Gasteiger partial charge in [0.25, 0.3) is 0 Å². The van der Waals surface area contributed by atoms with Gasteiger partial charge in [0.2, 0.25) is 0 Å². The zero-order valence-electron chi connectivity index (χ0n) is 18.5. The molecule has 0 radical (unpaired) electrons. The molecule has 0 fully saturated rings. The topological polar surface area (TPSA) is 17.1 Å². The molecule has 2 aromatic rings. The molecule has 0 N–H and O–H groups in total. The molecular formula is C30H32O. The smallest absolute Gasteiger partial charge is 0.137 e. The van der Waals surface area contributed by atoms with Gasteiger partial charge in [0, 0.05) is 18.8 Å². The second-order valence-electron chi connectivity index (χ2n) is 8.70. The maximum atomic E-state index is 12.7. The lowest BCUT2D eigenvalue weighted by atomic mass is 9.84. The quantitative estimate of drug-likeness (QED) is 0.394. The summed E-state index contributed by atoms with van der Waals surface area (Å²) in [6, 6.07) is 21.4. The highest BCUT2D eigenvalue weighted by molar-refractivity contribution is 5.82. The van der Waals surface area contributed by atoms with Crippen molar-refractivity contribution in [2.24, 2.45) is 5.92 Å². The van der Waals surface area contributed by atoms with Crippen LogP contribution in [0, 0.1) is 5.92 Å². The molecule has 31 heavy (non-hydrogen) atoms. The number of hydrogen-bond donors (Lipinski definition) is 0. The van der Waals surface area contributed by atoms with Gasteiger partial charge < -0.3 is 0 Å². The fourth-order valence-corrected chi connectivity index (χ4v) is 4.75. The molecule has 0 amide bonds. The highest BCUT2D eigenvalue weighted by Crippen LogP contribution is 2.39. The minimum Gasteiger partial charge on any atom is -0.299 e.